The predicted molar refractivity (Wildman–Crippen MR) is 198 cm³/mol. The van der Waals surface area contributed by atoms with Gasteiger partial charge in [-0.05, 0) is 52.1 Å². The van der Waals surface area contributed by atoms with E-state index in [0.717, 1.165) is 50.4 Å². The summed E-state index contributed by atoms with van der Waals surface area (Å²) in [6.07, 6.45) is 5.61. The first-order valence-electron chi connectivity index (χ1n) is 16.4. The molecule has 0 saturated heterocycles. The van der Waals surface area contributed by atoms with Crippen molar-refractivity contribution in [2.45, 2.75) is 26.2 Å². The first-order chi connectivity index (χ1) is 23.9. The molecule has 0 atom stereocenters. The standard InChI is InChI=1S/C43H32N5O.Pt/c1-43(2,3)30-20-23-45-42(24-30)48-38-16-7-6-15-35(38)36-19-18-33(26-40(36)48)49-32-13-9-12-31(25-32)46-28-47(39-21-22-44-27-41(39)46)37-17-8-11-29-10-4-5-14-34(29)37;/h4-24,27-28H,1-3H3;/q-3;. The summed E-state index contributed by atoms with van der Waals surface area (Å²) < 4.78 is 8.67. The zero-order chi connectivity index (χ0) is 33.1. The van der Waals surface area contributed by atoms with Crippen LogP contribution >= 0.6 is 0 Å². The molecular weight excluding hydrogens is 798 g/mol. The van der Waals surface area contributed by atoms with Gasteiger partial charge in [0, 0.05) is 73.4 Å². The van der Waals surface area contributed by atoms with Gasteiger partial charge in [0.05, 0.1) is 5.69 Å². The van der Waals surface area contributed by atoms with Crippen molar-refractivity contribution < 1.29 is 25.8 Å². The molecule has 0 N–H and O–H groups in total. The van der Waals surface area contributed by atoms with Gasteiger partial charge in [-0.3, -0.25) is 4.98 Å². The second-order valence-corrected chi connectivity index (χ2v) is 13.3. The second kappa shape index (κ2) is 12.5. The van der Waals surface area contributed by atoms with E-state index in [1.165, 1.54) is 16.3 Å². The van der Waals surface area contributed by atoms with Crippen molar-refractivity contribution in [3.05, 3.63) is 158 Å². The molecule has 0 spiro atoms. The fraction of sp³-hybridized carbons (Fsp3) is 0.0930. The van der Waals surface area contributed by atoms with Crippen molar-refractivity contribution in [3.63, 3.8) is 0 Å². The smallest absolute Gasteiger partial charge is 0.135 e. The summed E-state index contributed by atoms with van der Waals surface area (Å²) in [5.74, 6) is 2.04. The Kier molecular flexibility index (Phi) is 7.92. The molecular formula is C43H32N5OPt-3. The van der Waals surface area contributed by atoms with Crippen LogP contribution in [0.1, 0.15) is 26.3 Å². The van der Waals surface area contributed by atoms with Gasteiger partial charge in [0.2, 0.25) is 0 Å². The molecule has 0 saturated carbocycles. The Morgan fingerprint density at radius 3 is 2.32 bits per heavy atom. The first-order valence-corrected chi connectivity index (χ1v) is 16.4. The van der Waals surface area contributed by atoms with Crippen LogP contribution in [0.15, 0.2) is 134 Å². The molecule has 0 unspecified atom stereocenters. The van der Waals surface area contributed by atoms with E-state index >= 15 is 0 Å². The number of benzene rings is 5. The average molecular weight is 830 g/mol. The summed E-state index contributed by atoms with van der Waals surface area (Å²) in [5.41, 5.74) is 7.14. The number of rotatable bonds is 5. The van der Waals surface area contributed by atoms with Gasteiger partial charge in [-0.25, -0.2) is 4.98 Å². The van der Waals surface area contributed by atoms with Crippen LogP contribution in [-0.2, 0) is 26.5 Å². The second-order valence-electron chi connectivity index (χ2n) is 13.3. The largest absolute Gasteiger partial charge is 0.509 e. The van der Waals surface area contributed by atoms with Crippen LogP contribution in [0, 0.1) is 18.8 Å². The molecule has 1 aliphatic rings. The molecule has 4 heterocycles. The van der Waals surface area contributed by atoms with Crippen LogP contribution in [-0.4, -0.2) is 14.5 Å². The third kappa shape index (κ3) is 5.41. The Morgan fingerprint density at radius 2 is 1.44 bits per heavy atom. The van der Waals surface area contributed by atoms with Crippen molar-refractivity contribution in [2.75, 3.05) is 9.80 Å². The number of nitrogens with zero attached hydrogens (tertiary/aromatic N) is 5. The Hall–Kier alpha value is -5.45. The molecule has 7 heteroatoms. The normalized spacial score (nSPS) is 12.8. The molecule has 248 valence electrons. The van der Waals surface area contributed by atoms with Gasteiger partial charge in [0.25, 0.3) is 0 Å². The van der Waals surface area contributed by atoms with Crippen LogP contribution in [0.25, 0.3) is 38.4 Å². The minimum Gasteiger partial charge on any atom is -0.509 e. The SMILES string of the molecule is CC(C)(C)c1ccnc(-n2c3[c-]c(Oc4[c-]c(N5[CH-]N(c6cccc7ccccc67)c6ccncc65)ccc4)ccc3c3ccccc32)c1.[Pt]. The van der Waals surface area contributed by atoms with Crippen LogP contribution in [0.3, 0.4) is 0 Å². The molecule has 0 fully saturated rings. The summed E-state index contributed by atoms with van der Waals surface area (Å²) in [6, 6.07) is 46.7. The molecule has 3 aromatic heterocycles. The zero-order valence-electron chi connectivity index (χ0n) is 27.7. The summed E-state index contributed by atoms with van der Waals surface area (Å²) >= 11 is 0. The number of hydrogen-bond acceptors (Lipinski definition) is 5. The molecule has 50 heavy (non-hydrogen) atoms. The maximum Gasteiger partial charge on any atom is 0.135 e. The number of anilines is 4. The van der Waals surface area contributed by atoms with E-state index in [9.17, 15) is 0 Å². The van der Waals surface area contributed by atoms with Gasteiger partial charge in [-0.1, -0.05) is 80.9 Å². The van der Waals surface area contributed by atoms with Crippen molar-refractivity contribution in [1.82, 2.24) is 14.5 Å². The molecule has 8 aromatic rings. The van der Waals surface area contributed by atoms with Gasteiger partial charge in [0.15, 0.2) is 0 Å². The fourth-order valence-electron chi connectivity index (χ4n) is 6.74. The van der Waals surface area contributed by atoms with Gasteiger partial charge in [-0.15, -0.1) is 48.1 Å². The van der Waals surface area contributed by atoms with Crippen molar-refractivity contribution in [1.29, 1.82) is 0 Å². The Balaban J connectivity index is 0.00000361. The van der Waals surface area contributed by atoms with Crippen molar-refractivity contribution in [3.8, 4) is 17.3 Å². The minimum absolute atomic E-state index is 0. The van der Waals surface area contributed by atoms with E-state index < -0.39 is 0 Å². The molecule has 0 radical (unpaired) electrons. The average Bonchev–Trinajstić information content (AvgIpc) is 3.67. The number of fused-ring (bicyclic) bond motifs is 5. The topological polar surface area (TPSA) is 46.4 Å². The van der Waals surface area contributed by atoms with E-state index in [1.54, 1.807) is 0 Å². The van der Waals surface area contributed by atoms with E-state index in [4.69, 9.17) is 9.72 Å². The van der Waals surface area contributed by atoms with E-state index in [0.29, 0.717) is 11.5 Å². The molecule has 0 bridgehead atoms. The summed E-state index contributed by atoms with van der Waals surface area (Å²) in [4.78, 5) is 13.6. The van der Waals surface area contributed by atoms with Gasteiger partial charge >= 0.3 is 0 Å². The maximum atomic E-state index is 6.49. The summed E-state index contributed by atoms with van der Waals surface area (Å²) in [7, 11) is 0. The van der Waals surface area contributed by atoms with Gasteiger partial charge < -0.3 is 19.1 Å². The quantitative estimate of drug-likeness (QED) is 0.162. The molecule has 1 aliphatic heterocycles. The molecule has 0 aliphatic carbocycles. The molecule has 0 amide bonds. The molecule has 6 nitrogen and oxygen atoms in total. The van der Waals surface area contributed by atoms with Crippen molar-refractivity contribution in [2.24, 2.45) is 0 Å². The fourth-order valence-corrected chi connectivity index (χ4v) is 6.74. The number of para-hydroxylation sites is 1. The van der Waals surface area contributed by atoms with E-state index in [1.807, 2.05) is 48.9 Å². The number of hydrogen-bond donors (Lipinski definition) is 0. The van der Waals surface area contributed by atoms with Crippen LogP contribution in [0.4, 0.5) is 22.7 Å². The number of ether oxygens (including phenoxy) is 1. The van der Waals surface area contributed by atoms with E-state index in [-0.39, 0.29) is 26.5 Å². The van der Waals surface area contributed by atoms with Gasteiger partial charge in [-0.2, -0.15) is 12.1 Å². The van der Waals surface area contributed by atoms with Crippen molar-refractivity contribution >= 4 is 55.3 Å². The Morgan fingerprint density at radius 1 is 0.660 bits per heavy atom. The Bertz CT molecular complexity index is 2530. The number of aromatic nitrogens is 3. The summed E-state index contributed by atoms with van der Waals surface area (Å²) in [5, 5.41) is 4.60. The third-order valence-electron chi connectivity index (χ3n) is 9.18. The molecule has 5 aromatic carbocycles. The van der Waals surface area contributed by atoms with Crippen LogP contribution in [0.2, 0.25) is 0 Å². The number of pyridine rings is 2. The third-order valence-corrected chi connectivity index (χ3v) is 9.18. The molecule has 9 rings (SSSR count). The zero-order valence-corrected chi connectivity index (χ0v) is 30.0. The van der Waals surface area contributed by atoms with Gasteiger partial charge in [0.1, 0.15) is 5.82 Å². The van der Waals surface area contributed by atoms with E-state index in [2.05, 4.69) is 144 Å². The predicted octanol–water partition coefficient (Wildman–Crippen LogP) is 10.8. The maximum absolute atomic E-state index is 6.49. The summed E-state index contributed by atoms with van der Waals surface area (Å²) in [6.45, 7) is 8.75. The monoisotopic (exact) mass is 829 g/mol. The Labute approximate surface area is 305 Å². The first kappa shape index (κ1) is 31.8. The van der Waals surface area contributed by atoms with Crippen LogP contribution < -0.4 is 14.5 Å². The minimum atomic E-state index is -0.00938. The van der Waals surface area contributed by atoms with Crippen LogP contribution in [0.5, 0.6) is 11.5 Å².